The van der Waals surface area contributed by atoms with Crippen molar-refractivity contribution in [1.82, 2.24) is 5.32 Å². The van der Waals surface area contributed by atoms with Crippen LogP contribution in [0.3, 0.4) is 0 Å². The average Bonchev–Trinajstić information content (AvgIpc) is 2.47. The van der Waals surface area contributed by atoms with E-state index in [-0.39, 0.29) is 17.5 Å². The number of aromatic carboxylic acids is 1. The highest BCUT2D eigenvalue weighted by Gasteiger charge is 2.12. The fourth-order valence-electron chi connectivity index (χ4n) is 1.88. The van der Waals surface area contributed by atoms with Crippen LogP contribution in [0.2, 0.25) is 0 Å². The van der Waals surface area contributed by atoms with Gasteiger partial charge in [-0.05, 0) is 48.9 Å². The van der Waals surface area contributed by atoms with E-state index in [2.05, 4.69) is 21.2 Å². The van der Waals surface area contributed by atoms with Crippen molar-refractivity contribution in [3.63, 3.8) is 0 Å². The number of nitrogens with one attached hydrogen (secondary N) is 1. The van der Waals surface area contributed by atoms with Crippen molar-refractivity contribution in [3.8, 4) is 0 Å². The molecule has 2 aromatic carbocycles. The molecule has 0 aliphatic heterocycles. The van der Waals surface area contributed by atoms with Crippen molar-refractivity contribution in [2.75, 3.05) is 0 Å². The first-order valence-electron chi connectivity index (χ1n) is 6.37. The number of rotatable bonds is 4. The molecule has 0 heterocycles. The van der Waals surface area contributed by atoms with Crippen LogP contribution < -0.4 is 5.32 Å². The molecule has 2 aromatic rings. The average molecular weight is 348 g/mol. The highest BCUT2D eigenvalue weighted by Crippen LogP contribution is 2.17. The van der Waals surface area contributed by atoms with E-state index in [1.165, 1.54) is 24.3 Å². The van der Waals surface area contributed by atoms with Crippen LogP contribution in [0, 0.1) is 0 Å². The largest absolute Gasteiger partial charge is 0.478 e. The van der Waals surface area contributed by atoms with Gasteiger partial charge < -0.3 is 10.4 Å². The van der Waals surface area contributed by atoms with Crippen LogP contribution in [-0.4, -0.2) is 17.0 Å². The Bertz CT molecular complexity index is 650. The van der Waals surface area contributed by atoms with Crippen molar-refractivity contribution in [2.24, 2.45) is 0 Å². The summed E-state index contributed by atoms with van der Waals surface area (Å²) in [7, 11) is 0. The summed E-state index contributed by atoms with van der Waals surface area (Å²) >= 11 is 3.37. The third-order valence-corrected chi connectivity index (χ3v) is 3.64. The van der Waals surface area contributed by atoms with Crippen LogP contribution in [0.25, 0.3) is 0 Å². The molecule has 1 unspecified atom stereocenters. The Morgan fingerprint density at radius 3 is 2.05 bits per heavy atom. The lowest BCUT2D eigenvalue weighted by molar-refractivity contribution is 0.0696. The smallest absolute Gasteiger partial charge is 0.335 e. The highest BCUT2D eigenvalue weighted by atomic mass is 79.9. The lowest BCUT2D eigenvalue weighted by Crippen LogP contribution is -2.26. The Balaban J connectivity index is 2.06. The molecule has 1 amide bonds. The first-order valence-corrected chi connectivity index (χ1v) is 7.16. The maximum absolute atomic E-state index is 12.1. The number of carbonyl (C=O) groups is 2. The summed E-state index contributed by atoms with van der Waals surface area (Å²) in [6, 6.07) is 13.4. The van der Waals surface area contributed by atoms with Gasteiger partial charge in [0.1, 0.15) is 0 Å². The monoisotopic (exact) mass is 347 g/mol. The van der Waals surface area contributed by atoms with Crippen molar-refractivity contribution in [2.45, 2.75) is 13.0 Å². The van der Waals surface area contributed by atoms with Crippen LogP contribution in [0.4, 0.5) is 0 Å². The summed E-state index contributed by atoms with van der Waals surface area (Å²) in [5.41, 5.74) is 1.59. The quantitative estimate of drug-likeness (QED) is 0.887. The molecule has 0 aliphatic rings. The highest BCUT2D eigenvalue weighted by molar-refractivity contribution is 9.10. The van der Waals surface area contributed by atoms with Gasteiger partial charge in [-0.2, -0.15) is 0 Å². The fraction of sp³-hybridized carbons (Fsp3) is 0.125. The van der Waals surface area contributed by atoms with E-state index in [1.54, 1.807) is 0 Å². The van der Waals surface area contributed by atoms with E-state index in [9.17, 15) is 9.59 Å². The van der Waals surface area contributed by atoms with Gasteiger partial charge in [0.2, 0.25) is 0 Å². The van der Waals surface area contributed by atoms with E-state index in [0.29, 0.717) is 5.56 Å². The Morgan fingerprint density at radius 2 is 1.52 bits per heavy atom. The van der Waals surface area contributed by atoms with E-state index >= 15 is 0 Å². The van der Waals surface area contributed by atoms with Gasteiger partial charge >= 0.3 is 5.97 Å². The van der Waals surface area contributed by atoms with E-state index in [1.807, 2.05) is 31.2 Å². The summed E-state index contributed by atoms with van der Waals surface area (Å²) < 4.78 is 0.981. The van der Waals surface area contributed by atoms with Gasteiger partial charge in [0.25, 0.3) is 5.91 Å². The topological polar surface area (TPSA) is 66.4 Å². The minimum Gasteiger partial charge on any atom is -0.478 e. The number of carbonyl (C=O) groups excluding carboxylic acids is 1. The zero-order valence-electron chi connectivity index (χ0n) is 11.3. The third-order valence-electron chi connectivity index (χ3n) is 3.11. The molecule has 1 atom stereocenters. The third kappa shape index (κ3) is 3.92. The number of benzene rings is 2. The molecule has 2 N–H and O–H groups in total. The number of hydrogen-bond donors (Lipinski definition) is 2. The number of carboxylic acids is 1. The summed E-state index contributed by atoms with van der Waals surface area (Å²) in [6.45, 7) is 1.90. The predicted octanol–water partition coefficient (Wildman–Crippen LogP) is 3.64. The Morgan fingerprint density at radius 1 is 1.00 bits per heavy atom. The molecule has 0 saturated carbocycles. The summed E-state index contributed by atoms with van der Waals surface area (Å²) in [5, 5.41) is 11.7. The zero-order chi connectivity index (χ0) is 15.4. The first kappa shape index (κ1) is 15.3. The molecule has 0 aliphatic carbocycles. The van der Waals surface area contributed by atoms with Gasteiger partial charge in [0.05, 0.1) is 11.6 Å². The van der Waals surface area contributed by atoms with Crippen molar-refractivity contribution < 1.29 is 14.7 Å². The molecule has 5 heteroatoms. The van der Waals surface area contributed by atoms with Crippen molar-refractivity contribution >= 4 is 27.8 Å². The van der Waals surface area contributed by atoms with E-state index < -0.39 is 5.97 Å². The second-order valence-corrected chi connectivity index (χ2v) is 5.54. The van der Waals surface area contributed by atoms with Crippen molar-refractivity contribution in [1.29, 1.82) is 0 Å². The Hall–Kier alpha value is -2.14. The number of halogens is 1. The molecule has 0 radical (unpaired) electrons. The molecule has 0 aromatic heterocycles. The van der Waals surface area contributed by atoms with Crippen LogP contribution in [-0.2, 0) is 0 Å². The minimum atomic E-state index is -1.01. The standard InChI is InChI=1S/C16H14BrNO3/c1-10(11-6-8-14(17)9-7-11)18-15(19)12-2-4-13(5-3-12)16(20)21/h2-10H,1H3,(H,18,19)(H,20,21). The lowest BCUT2D eigenvalue weighted by atomic mass is 10.1. The maximum atomic E-state index is 12.1. The molecule has 21 heavy (non-hydrogen) atoms. The molecular formula is C16H14BrNO3. The fourth-order valence-corrected chi connectivity index (χ4v) is 2.14. The van der Waals surface area contributed by atoms with Crippen LogP contribution in [0.5, 0.6) is 0 Å². The number of amides is 1. The molecule has 0 saturated heterocycles. The first-order chi connectivity index (χ1) is 9.97. The van der Waals surface area contributed by atoms with E-state index in [0.717, 1.165) is 10.0 Å². The molecule has 108 valence electrons. The minimum absolute atomic E-state index is 0.134. The molecule has 4 nitrogen and oxygen atoms in total. The number of hydrogen-bond acceptors (Lipinski definition) is 2. The van der Waals surface area contributed by atoms with Gasteiger partial charge in [0, 0.05) is 10.0 Å². The number of carboxylic acid groups (broad SMARTS) is 1. The molecule has 0 bridgehead atoms. The molecular weight excluding hydrogens is 334 g/mol. The van der Waals surface area contributed by atoms with Gasteiger partial charge in [0.15, 0.2) is 0 Å². The Labute approximate surface area is 130 Å². The zero-order valence-corrected chi connectivity index (χ0v) is 12.9. The summed E-state index contributed by atoms with van der Waals surface area (Å²) in [4.78, 5) is 22.9. The molecule has 0 spiro atoms. The van der Waals surface area contributed by atoms with Gasteiger partial charge in [-0.15, -0.1) is 0 Å². The van der Waals surface area contributed by atoms with Crippen molar-refractivity contribution in [3.05, 3.63) is 69.7 Å². The van der Waals surface area contributed by atoms with Gasteiger partial charge in [-0.25, -0.2) is 4.79 Å². The molecule has 0 fully saturated rings. The van der Waals surface area contributed by atoms with Gasteiger partial charge in [-0.3, -0.25) is 4.79 Å². The Kier molecular flexibility index (Phi) is 4.75. The van der Waals surface area contributed by atoms with Crippen LogP contribution in [0.15, 0.2) is 53.0 Å². The summed E-state index contributed by atoms with van der Waals surface area (Å²) in [5.74, 6) is -1.24. The second-order valence-electron chi connectivity index (χ2n) is 4.63. The molecule has 2 rings (SSSR count). The lowest BCUT2D eigenvalue weighted by Gasteiger charge is -2.14. The predicted molar refractivity (Wildman–Crippen MR) is 83.4 cm³/mol. The SMILES string of the molecule is CC(NC(=O)c1ccc(C(=O)O)cc1)c1ccc(Br)cc1. The second kappa shape index (κ2) is 6.54. The van der Waals surface area contributed by atoms with Gasteiger partial charge in [-0.1, -0.05) is 28.1 Å². The van der Waals surface area contributed by atoms with E-state index in [4.69, 9.17) is 5.11 Å². The maximum Gasteiger partial charge on any atom is 0.335 e. The summed E-state index contributed by atoms with van der Waals surface area (Å²) in [6.07, 6.45) is 0. The van der Waals surface area contributed by atoms with Crippen LogP contribution >= 0.6 is 15.9 Å². The normalized spacial score (nSPS) is 11.7. The van der Waals surface area contributed by atoms with Crippen LogP contribution in [0.1, 0.15) is 39.2 Å².